The van der Waals surface area contributed by atoms with Crippen molar-refractivity contribution >= 4 is 27.5 Å². The Hall–Kier alpha value is -1.10. The van der Waals surface area contributed by atoms with Gasteiger partial charge in [-0.25, -0.2) is 0 Å². The first-order chi connectivity index (χ1) is 10.2. The molecule has 0 bridgehead atoms. The van der Waals surface area contributed by atoms with Crippen LogP contribution >= 0.6 is 27.5 Å². The van der Waals surface area contributed by atoms with Crippen molar-refractivity contribution < 1.29 is 4.74 Å². The lowest BCUT2D eigenvalue weighted by atomic mass is 9.99. The van der Waals surface area contributed by atoms with E-state index in [0.29, 0.717) is 5.02 Å². The van der Waals surface area contributed by atoms with Gasteiger partial charge in [-0.1, -0.05) is 24.6 Å². The van der Waals surface area contributed by atoms with Crippen LogP contribution < -0.4 is 10.1 Å². The molecule has 1 heterocycles. The van der Waals surface area contributed by atoms with Gasteiger partial charge in [0, 0.05) is 21.9 Å². The summed E-state index contributed by atoms with van der Waals surface area (Å²) in [7, 11) is 1.64. The minimum atomic E-state index is 0.00774. The number of nitrogens with one attached hydrogen (secondary N) is 1. The van der Waals surface area contributed by atoms with Gasteiger partial charge >= 0.3 is 0 Å². The topological polar surface area (TPSA) is 34.2 Å². The van der Waals surface area contributed by atoms with Crippen molar-refractivity contribution in [1.29, 1.82) is 0 Å². The smallest absolute Gasteiger partial charge is 0.120 e. The van der Waals surface area contributed by atoms with Crippen molar-refractivity contribution in [3.63, 3.8) is 0 Å². The minimum Gasteiger partial charge on any atom is -0.497 e. The van der Waals surface area contributed by atoms with E-state index in [1.54, 1.807) is 13.3 Å². The van der Waals surface area contributed by atoms with Crippen LogP contribution in [-0.4, -0.2) is 18.6 Å². The molecule has 0 aliphatic heterocycles. The number of benzene rings is 1. The van der Waals surface area contributed by atoms with Crippen molar-refractivity contribution in [2.75, 3.05) is 13.7 Å². The molecule has 1 aromatic heterocycles. The van der Waals surface area contributed by atoms with Gasteiger partial charge in [0.1, 0.15) is 5.75 Å². The lowest BCUT2D eigenvalue weighted by Crippen LogP contribution is -2.23. The molecule has 3 nitrogen and oxygen atoms in total. The van der Waals surface area contributed by atoms with E-state index in [-0.39, 0.29) is 6.04 Å². The molecular formula is C16H18BrClN2O. The third kappa shape index (κ3) is 4.19. The predicted molar refractivity (Wildman–Crippen MR) is 90.1 cm³/mol. The van der Waals surface area contributed by atoms with Crippen LogP contribution in [0.2, 0.25) is 5.02 Å². The van der Waals surface area contributed by atoms with Crippen molar-refractivity contribution in [3.05, 3.63) is 57.3 Å². The summed E-state index contributed by atoms with van der Waals surface area (Å²) in [5.41, 5.74) is 2.09. The molecule has 0 saturated heterocycles. The van der Waals surface area contributed by atoms with Crippen LogP contribution in [0.5, 0.6) is 5.75 Å². The number of nitrogens with zero attached hydrogens (tertiary/aromatic N) is 1. The standard InChI is InChI=1S/C16H18BrClN2O/c1-3-6-20-16(11-7-12(17)10-19-9-11)14-5-4-13(21-2)8-15(14)18/h4-5,7-10,16,20H,3,6H2,1-2H3. The number of ether oxygens (including phenoxy) is 1. The molecule has 1 unspecified atom stereocenters. The van der Waals surface area contributed by atoms with Gasteiger partial charge in [0.25, 0.3) is 0 Å². The summed E-state index contributed by atoms with van der Waals surface area (Å²) in [5.74, 6) is 0.755. The summed E-state index contributed by atoms with van der Waals surface area (Å²) in [6, 6.07) is 7.82. The zero-order chi connectivity index (χ0) is 15.2. The third-order valence-electron chi connectivity index (χ3n) is 3.18. The first kappa shape index (κ1) is 16.3. The van der Waals surface area contributed by atoms with E-state index >= 15 is 0 Å². The number of rotatable bonds is 6. The second-order valence-electron chi connectivity index (χ2n) is 4.71. The highest BCUT2D eigenvalue weighted by Gasteiger charge is 2.17. The summed E-state index contributed by atoms with van der Waals surface area (Å²) in [4.78, 5) is 4.25. The van der Waals surface area contributed by atoms with Crippen LogP contribution in [0.4, 0.5) is 0 Å². The van der Waals surface area contributed by atoms with Crippen LogP contribution in [0, 0.1) is 0 Å². The zero-order valence-electron chi connectivity index (χ0n) is 12.1. The normalized spacial score (nSPS) is 12.2. The van der Waals surface area contributed by atoms with Gasteiger partial charge in [-0.3, -0.25) is 4.98 Å². The maximum absolute atomic E-state index is 6.42. The minimum absolute atomic E-state index is 0.00774. The number of aromatic nitrogens is 1. The number of halogens is 2. The number of pyridine rings is 1. The fourth-order valence-electron chi connectivity index (χ4n) is 2.15. The van der Waals surface area contributed by atoms with Crippen LogP contribution in [0.25, 0.3) is 0 Å². The number of hydrogen-bond acceptors (Lipinski definition) is 3. The van der Waals surface area contributed by atoms with Crippen molar-refractivity contribution in [2.45, 2.75) is 19.4 Å². The van der Waals surface area contributed by atoms with Crippen LogP contribution in [0.3, 0.4) is 0 Å². The second kappa shape index (κ2) is 7.78. The van der Waals surface area contributed by atoms with E-state index in [1.807, 2.05) is 24.4 Å². The highest BCUT2D eigenvalue weighted by molar-refractivity contribution is 9.10. The van der Waals surface area contributed by atoms with E-state index < -0.39 is 0 Å². The van der Waals surface area contributed by atoms with Crippen LogP contribution in [0.1, 0.15) is 30.5 Å². The molecular weight excluding hydrogens is 352 g/mol. The third-order valence-corrected chi connectivity index (χ3v) is 3.94. The molecule has 0 fully saturated rings. The van der Waals surface area contributed by atoms with Crippen molar-refractivity contribution in [3.8, 4) is 5.75 Å². The largest absolute Gasteiger partial charge is 0.497 e. The van der Waals surface area contributed by atoms with Crippen LogP contribution in [0.15, 0.2) is 41.1 Å². The fraction of sp³-hybridized carbons (Fsp3) is 0.312. The van der Waals surface area contributed by atoms with E-state index in [2.05, 4.69) is 39.2 Å². The maximum Gasteiger partial charge on any atom is 0.120 e. The quantitative estimate of drug-likeness (QED) is 0.808. The van der Waals surface area contributed by atoms with Gasteiger partial charge < -0.3 is 10.1 Å². The van der Waals surface area contributed by atoms with E-state index in [1.165, 1.54) is 0 Å². The average Bonchev–Trinajstić information content (AvgIpc) is 2.49. The number of methoxy groups -OCH3 is 1. The van der Waals surface area contributed by atoms with Gasteiger partial charge in [0.15, 0.2) is 0 Å². The van der Waals surface area contributed by atoms with Gasteiger partial charge in [0.05, 0.1) is 13.2 Å². The molecule has 0 radical (unpaired) electrons. The first-order valence-corrected chi connectivity index (χ1v) is 8.00. The summed E-state index contributed by atoms with van der Waals surface area (Å²) >= 11 is 9.89. The Balaban J connectivity index is 2.40. The predicted octanol–water partition coefficient (Wildman–Crippen LogP) is 4.60. The van der Waals surface area contributed by atoms with E-state index in [0.717, 1.165) is 34.3 Å². The first-order valence-electron chi connectivity index (χ1n) is 6.83. The molecule has 0 amide bonds. The van der Waals surface area contributed by atoms with Gasteiger partial charge in [-0.15, -0.1) is 0 Å². The summed E-state index contributed by atoms with van der Waals surface area (Å²) in [6.07, 6.45) is 4.68. The van der Waals surface area contributed by atoms with Gasteiger partial charge in [-0.2, -0.15) is 0 Å². The second-order valence-corrected chi connectivity index (χ2v) is 6.03. The Morgan fingerprint density at radius 3 is 2.76 bits per heavy atom. The fourth-order valence-corrected chi connectivity index (χ4v) is 2.81. The Bertz CT molecular complexity index is 607. The molecule has 2 rings (SSSR count). The molecule has 1 aromatic carbocycles. The Labute approximate surface area is 138 Å². The SMILES string of the molecule is CCCNC(c1cncc(Br)c1)c1ccc(OC)cc1Cl. The van der Waals surface area contributed by atoms with Gasteiger partial charge in [-0.05, 0) is 58.2 Å². The number of hydrogen-bond donors (Lipinski definition) is 1. The summed E-state index contributed by atoms with van der Waals surface area (Å²) in [6.45, 7) is 3.04. The van der Waals surface area contributed by atoms with E-state index in [9.17, 15) is 0 Å². The Morgan fingerprint density at radius 2 is 2.14 bits per heavy atom. The molecule has 112 valence electrons. The molecule has 5 heteroatoms. The molecule has 2 aromatic rings. The van der Waals surface area contributed by atoms with Crippen LogP contribution in [-0.2, 0) is 0 Å². The molecule has 0 saturated carbocycles. The van der Waals surface area contributed by atoms with Gasteiger partial charge in [0.2, 0.25) is 0 Å². The highest BCUT2D eigenvalue weighted by Crippen LogP contribution is 2.31. The van der Waals surface area contributed by atoms with E-state index in [4.69, 9.17) is 16.3 Å². The Kier molecular flexibility index (Phi) is 6.03. The Morgan fingerprint density at radius 1 is 1.33 bits per heavy atom. The molecule has 21 heavy (non-hydrogen) atoms. The molecule has 1 N–H and O–H groups in total. The molecule has 0 spiro atoms. The summed E-state index contributed by atoms with van der Waals surface area (Å²) < 4.78 is 6.16. The molecule has 1 atom stereocenters. The lowest BCUT2D eigenvalue weighted by molar-refractivity contribution is 0.414. The van der Waals surface area contributed by atoms with Crippen molar-refractivity contribution in [1.82, 2.24) is 10.3 Å². The average molecular weight is 370 g/mol. The van der Waals surface area contributed by atoms with Crippen molar-refractivity contribution in [2.24, 2.45) is 0 Å². The maximum atomic E-state index is 6.42. The molecule has 0 aliphatic rings. The molecule has 0 aliphatic carbocycles. The zero-order valence-corrected chi connectivity index (χ0v) is 14.4. The highest BCUT2D eigenvalue weighted by atomic mass is 79.9. The summed E-state index contributed by atoms with van der Waals surface area (Å²) in [5, 5.41) is 4.20. The lowest BCUT2D eigenvalue weighted by Gasteiger charge is -2.21. The monoisotopic (exact) mass is 368 g/mol.